The van der Waals surface area contributed by atoms with Crippen molar-refractivity contribution in [2.24, 2.45) is 5.92 Å². The quantitative estimate of drug-likeness (QED) is 0.0218. The number of carbonyl (C=O) groups excluding carboxylic acids is 1. The van der Waals surface area contributed by atoms with Crippen LogP contribution in [0.2, 0.25) is 0 Å². The van der Waals surface area contributed by atoms with Crippen molar-refractivity contribution in [1.82, 2.24) is 10.2 Å². The van der Waals surface area contributed by atoms with Gasteiger partial charge in [0.25, 0.3) is 0 Å². The molecule has 0 aliphatic heterocycles. The maximum absolute atomic E-state index is 13.8. The summed E-state index contributed by atoms with van der Waals surface area (Å²) in [5, 5.41) is 70.0. The second-order valence-electron chi connectivity index (χ2n) is 17.1. The van der Waals surface area contributed by atoms with E-state index in [1.807, 2.05) is 6.92 Å². The Morgan fingerprint density at radius 3 is 1.09 bits per heavy atom. The summed E-state index contributed by atoms with van der Waals surface area (Å²) in [7, 11) is 1.77. The number of hydrogen-bond acceptors (Lipinski definition) is 9. The number of carboxylic acid groups (broad SMARTS) is 1. The van der Waals surface area contributed by atoms with Gasteiger partial charge in [-0.05, 0) is 39.8 Å². The van der Waals surface area contributed by atoms with Gasteiger partial charge < -0.3 is 41.1 Å². The summed E-state index contributed by atoms with van der Waals surface area (Å²) in [6.07, 6.45) is 29.8. The van der Waals surface area contributed by atoms with E-state index >= 15 is 0 Å². The third-order valence-electron chi connectivity index (χ3n) is 11.5. The van der Waals surface area contributed by atoms with E-state index in [0.717, 1.165) is 44.9 Å². The van der Waals surface area contributed by atoms with Crippen molar-refractivity contribution in [2.45, 2.75) is 263 Å². The molecule has 0 radical (unpaired) electrons. The van der Waals surface area contributed by atoms with Crippen molar-refractivity contribution in [3.05, 3.63) is 0 Å². The minimum Gasteiger partial charge on any atom is -0.479 e. The first-order valence-electron chi connectivity index (χ1n) is 24.1. The topological polar surface area (TPSA) is 191 Å². The fourth-order valence-electron chi connectivity index (χ4n) is 7.51. The van der Waals surface area contributed by atoms with Crippen LogP contribution in [0.5, 0.6) is 0 Å². The zero-order chi connectivity index (χ0) is 43.8. The largest absolute Gasteiger partial charge is 0.479 e. The Balaban J connectivity index is 0. The number of unbranched alkanes of at least 4 members (excludes halogenated alkanes) is 26. The van der Waals surface area contributed by atoms with Crippen LogP contribution in [0.1, 0.15) is 227 Å². The molecule has 0 bridgehead atoms. The first kappa shape index (κ1) is 58.8. The molecule has 0 saturated carbocycles. The number of aliphatic carboxylic acids is 1. The summed E-state index contributed by atoms with van der Waals surface area (Å²) in [5.74, 6) is -1.49. The number of aliphatic hydroxyl groups excluding tert-OH is 6. The lowest BCUT2D eigenvalue weighted by molar-refractivity contribution is -0.145. The second-order valence-corrected chi connectivity index (χ2v) is 17.1. The van der Waals surface area contributed by atoms with Gasteiger partial charge in [0.05, 0.1) is 6.61 Å². The van der Waals surface area contributed by atoms with Crippen LogP contribution in [-0.2, 0) is 9.59 Å². The fraction of sp³-hybridized carbons (Fsp3) is 0.957. The van der Waals surface area contributed by atoms with Gasteiger partial charge in [0, 0.05) is 5.92 Å². The molecular formula is C47H96N2O9. The molecule has 8 N–H and O–H groups in total. The SMILES string of the molecule is CC(O)C(=O)O.CCCCCCCCCCCCCCCCC(CCCCCCCCCCCCCCCC)C(=O)NC([C@H](O)[C@@H](O)[C@H](O)[C@H](O)CO)N(C)CCC. The van der Waals surface area contributed by atoms with Gasteiger partial charge in [0.15, 0.2) is 0 Å². The van der Waals surface area contributed by atoms with Gasteiger partial charge in [0.2, 0.25) is 5.91 Å². The molecule has 0 rings (SSSR count). The Labute approximate surface area is 356 Å². The highest BCUT2D eigenvalue weighted by Crippen LogP contribution is 2.22. The third-order valence-corrected chi connectivity index (χ3v) is 11.5. The van der Waals surface area contributed by atoms with Crippen molar-refractivity contribution in [2.75, 3.05) is 20.2 Å². The third kappa shape index (κ3) is 34.4. The zero-order valence-corrected chi connectivity index (χ0v) is 38.3. The molecule has 0 aromatic heterocycles. The number of rotatable bonds is 41. The minimum atomic E-state index is -1.74. The predicted molar refractivity (Wildman–Crippen MR) is 239 cm³/mol. The van der Waals surface area contributed by atoms with E-state index in [0.29, 0.717) is 6.54 Å². The highest BCUT2D eigenvalue weighted by molar-refractivity contribution is 5.79. The Kier molecular flexibility index (Phi) is 42.9. The first-order chi connectivity index (χ1) is 27.9. The lowest BCUT2D eigenvalue weighted by Crippen LogP contribution is -2.61. The Bertz CT molecular complexity index is 864. The number of aliphatic hydroxyl groups is 6. The molecule has 11 heteroatoms. The molecule has 0 aliphatic rings. The summed E-state index contributed by atoms with van der Waals surface area (Å²) in [5.41, 5.74) is 0. The molecule has 6 atom stereocenters. The van der Waals surface area contributed by atoms with Crippen molar-refractivity contribution >= 4 is 11.9 Å². The Morgan fingerprint density at radius 1 is 0.500 bits per heavy atom. The summed E-state index contributed by atoms with van der Waals surface area (Å²) in [6, 6.07) is 0. The Morgan fingerprint density at radius 2 is 0.810 bits per heavy atom. The molecule has 11 nitrogen and oxygen atoms in total. The summed E-state index contributed by atoms with van der Waals surface area (Å²) in [6.45, 7) is 7.55. The fourth-order valence-corrected chi connectivity index (χ4v) is 7.51. The number of nitrogens with one attached hydrogen (secondary N) is 1. The average Bonchev–Trinajstić information content (AvgIpc) is 3.21. The van der Waals surface area contributed by atoms with E-state index in [9.17, 15) is 35.1 Å². The van der Waals surface area contributed by atoms with Crippen molar-refractivity contribution in [3.8, 4) is 0 Å². The molecule has 2 unspecified atom stereocenters. The van der Waals surface area contributed by atoms with Crippen LogP contribution >= 0.6 is 0 Å². The monoisotopic (exact) mass is 833 g/mol. The van der Waals surface area contributed by atoms with Crippen LogP contribution in [-0.4, -0.2) is 109 Å². The number of carbonyl (C=O) groups is 2. The number of carboxylic acids is 1. The molecule has 1 amide bonds. The maximum Gasteiger partial charge on any atom is 0.332 e. The molecule has 0 spiro atoms. The van der Waals surface area contributed by atoms with E-state index in [-0.39, 0.29) is 11.8 Å². The first-order valence-corrected chi connectivity index (χ1v) is 24.1. The van der Waals surface area contributed by atoms with Crippen LogP contribution in [0.4, 0.5) is 0 Å². The lowest BCUT2D eigenvalue weighted by atomic mass is 9.92. The van der Waals surface area contributed by atoms with Crippen molar-refractivity contribution < 1.29 is 45.3 Å². The standard InChI is InChI=1S/C44H90N2O6.C3H6O3/c1-5-8-10-12-14-16-18-20-22-24-26-28-30-32-34-38(35-33-31-29-27-25-23-21-19-17-15-13-11-9-6-2)44(52)45-43(46(4)36-7-3)42(51)41(50)40(49)39(48)37-47;1-2(4)3(5)6/h38-43,47-51H,5-37H2,1-4H3,(H,45,52);2,4H,1H3,(H,5,6)/t39-,40-,41+,42-,43?;/m1./s1. The van der Waals surface area contributed by atoms with Gasteiger partial charge in [-0.3, -0.25) is 9.69 Å². The molecule has 0 heterocycles. The molecule has 0 saturated heterocycles. The minimum absolute atomic E-state index is 0.124. The summed E-state index contributed by atoms with van der Waals surface area (Å²) in [4.78, 5) is 25.0. The molecule has 58 heavy (non-hydrogen) atoms. The van der Waals surface area contributed by atoms with Crippen LogP contribution in [0.3, 0.4) is 0 Å². The molecule has 0 aliphatic carbocycles. The van der Waals surface area contributed by atoms with E-state index in [2.05, 4.69) is 19.2 Å². The molecule has 348 valence electrons. The summed E-state index contributed by atoms with van der Waals surface area (Å²) >= 11 is 0. The van der Waals surface area contributed by atoms with Gasteiger partial charge in [-0.2, -0.15) is 0 Å². The highest BCUT2D eigenvalue weighted by atomic mass is 16.4. The van der Waals surface area contributed by atoms with Crippen LogP contribution < -0.4 is 5.32 Å². The smallest absolute Gasteiger partial charge is 0.332 e. The van der Waals surface area contributed by atoms with E-state index in [1.165, 1.54) is 161 Å². The van der Waals surface area contributed by atoms with E-state index < -0.39 is 49.3 Å². The maximum atomic E-state index is 13.8. The number of likely N-dealkylation sites (N-methyl/N-ethyl adjacent to an activating group) is 1. The van der Waals surface area contributed by atoms with Crippen LogP contribution in [0.25, 0.3) is 0 Å². The molecule has 0 aromatic carbocycles. The second kappa shape index (κ2) is 42.4. The van der Waals surface area contributed by atoms with Gasteiger partial charge in [-0.25, -0.2) is 4.79 Å². The predicted octanol–water partition coefficient (Wildman–Crippen LogP) is 9.02. The molecular weight excluding hydrogens is 737 g/mol. The van der Waals surface area contributed by atoms with Crippen LogP contribution in [0, 0.1) is 5.92 Å². The Hall–Kier alpha value is -1.34. The average molecular weight is 833 g/mol. The zero-order valence-electron chi connectivity index (χ0n) is 38.3. The van der Waals surface area contributed by atoms with Crippen LogP contribution in [0.15, 0.2) is 0 Å². The number of nitrogens with zero attached hydrogens (tertiary/aromatic N) is 1. The number of amides is 1. The molecule has 0 fully saturated rings. The summed E-state index contributed by atoms with van der Waals surface area (Å²) < 4.78 is 0. The molecule has 0 aromatic rings. The van der Waals surface area contributed by atoms with Crippen molar-refractivity contribution in [1.29, 1.82) is 0 Å². The highest BCUT2D eigenvalue weighted by Gasteiger charge is 2.38. The van der Waals surface area contributed by atoms with Gasteiger partial charge in [-0.15, -0.1) is 0 Å². The normalized spacial score (nSPS) is 14.8. The van der Waals surface area contributed by atoms with Gasteiger partial charge in [0.1, 0.15) is 36.7 Å². The van der Waals surface area contributed by atoms with E-state index in [4.69, 9.17) is 10.2 Å². The van der Waals surface area contributed by atoms with Gasteiger partial charge in [-0.1, -0.05) is 201 Å². The number of hydrogen-bond donors (Lipinski definition) is 8. The lowest BCUT2D eigenvalue weighted by Gasteiger charge is -2.37. The van der Waals surface area contributed by atoms with Crippen molar-refractivity contribution in [3.63, 3.8) is 0 Å². The van der Waals surface area contributed by atoms with E-state index in [1.54, 1.807) is 11.9 Å². The van der Waals surface area contributed by atoms with Gasteiger partial charge >= 0.3 is 5.97 Å².